The monoisotopic (exact) mass is 157 g/mol. The molecular formula is C8H15NO2. The summed E-state index contributed by atoms with van der Waals surface area (Å²) in [7, 11) is 1.61. The highest BCUT2D eigenvalue weighted by Gasteiger charge is 2.20. The van der Waals surface area contributed by atoms with Gasteiger partial charge in [0.1, 0.15) is 0 Å². The molecule has 3 nitrogen and oxygen atoms in total. The van der Waals surface area contributed by atoms with Crippen LogP contribution in [0.15, 0.2) is 12.3 Å². The molecule has 1 rings (SSSR count). The fourth-order valence-corrected chi connectivity index (χ4v) is 1.33. The minimum absolute atomic E-state index is 0.125. The maximum Gasteiger partial charge on any atom is 0.0794 e. The summed E-state index contributed by atoms with van der Waals surface area (Å²) in [6, 6.07) is 0.125. The van der Waals surface area contributed by atoms with Crippen LogP contribution in [0.1, 0.15) is 13.3 Å². The molecule has 0 aromatic heterocycles. The molecule has 0 bridgehead atoms. The minimum Gasteiger partial charge on any atom is -0.394 e. The van der Waals surface area contributed by atoms with Crippen LogP contribution < -0.4 is 0 Å². The van der Waals surface area contributed by atoms with Crippen molar-refractivity contribution in [2.45, 2.75) is 19.4 Å². The van der Waals surface area contributed by atoms with Crippen LogP contribution in [0.25, 0.3) is 0 Å². The van der Waals surface area contributed by atoms with Crippen molar-refractivity contribution in [3.8, 4) is 0 Å². The first kappa shape index (κ1) is 8.56. The molecule has 0 saturated carbocycles. The second kappa shape index (κ2) is 3.74. The normalized spacial score (nSPS) is 31.0. The Morgan fingerprint density at radius 3 is 3.00 bits per heavy atom. The van der Waals surface area contributed by atoms with Crippen LogP contribution in [0.5, 0.6) is 0 Å². The molecule has 1 aliphatic rings. The van der Waals surface area contributed by atoms with Crippen molar-refractivity contribution >= 4 is 0 Å². The first-order valence-corrected chi connectivity index (χ1v) is 3.89. The van der Waals surface area contributed by atoms with Crippen LogP contribution in [-0.4, -0.2) is 29.9 Å². The summed E-state index contributed by atoms with van der Waals surface area (Å²) >= 11 is 0. The number of aliphatic hydroxyl groups is 1. The third-order valence-electron chi connectivity index (χ3n) is 1.99. The molecule has 0 aromatic rings. The van der Waals surface area contributed by atoms with Gasteiger partial charge in [-0.05, 0) is 12.3 Å². The molecule has 0 spiro atoms. The summed E-state index contributed by atoms with van der Waals surface area (Å²) in [4.78, 5) is 5.03. The summed E-state index contributed by atoms with van der Waals surface area (Å²) in [5.41, 5.74) is 0. The quantitative estimate of drug-likeness (QED) is 0.642. The fraction of sp³-hybridized carbons (Fsp3) is 0.750. The highest BCUT2D eigenvalue weighted by atomic mass is 16.7. The molecule has 2 atom stereocenters. The number of allylic oxidation sites excluding steroid dienone is 1. The highest BCUT2D eigenvalue weighted by Crippen LogP contribution is 2.18. The number of nitrogens with zero attached hydrogens (tertiary/aromatic N) is 1. The molecule has 0 radical (unpaired) electrons. The van der Waals surface area contributed by atoms with Gasteiger partial charge in [0, 0.05) is 6.20 Å². The summed E-state index contributed by atoms with van der Waals surface area (Å²) in [5.74, 6) is 0.540. The lowest BCUT2D eigenvalue weighted by atomic mass is 9.99. The Labute approximate surface area is 67.2 Å². The van der Waals surface area contributed by atoms with Gasteiger partial charge in [-0.25, -0.2) is 0 Å². The third-order valence-corrected chi connectivity index (χ3v) is 1.99. The van der Waals surface area contributed by atoms with E-state index in [1.54, 1.807) is 12.2 Å². The molecule has 11 heavy (non-hydrogen) atoms. The summed E-state index contributed by atoms with van der Waals surface area (Å²) in [6.07, 6.45) is 4.92. The Morgan fingerprint density at radius 2 is 2.45 bits per heavy atom. The molecule has 0 amide bonds. The average Bonchev–Trinajstić information content (AvgIpc) is 2.04. The van der Waals surface area contributed by atoms with E-state index >= 15 is 0 Å². The van der Waals surface area contributed by atoms with E-state index in [4.69, 9.17) is 9.94 Å². The van der Waals surface area contributed by atoms with E-state index in [0.29, 0.717) is 5.92 Å². The molecule has 3 heteroatoms. The van der Waals surface area contributed by atoms with E-state index in [9.17, 15) is 0 Å². The standard InChI is InChI=1S/C8H15NO2/c1-7-3-4-9(11-2)8(5-7)6-10/h3-4,7-8,10H,5-6H2,1-2H3/t7?,8-/m0/s1. The van der Waals surface area contributed by atoms with Crippen LogP contribution in [-0.2, 0) is 4.84 Å². The van der Waals surface area contributed by atoms with Crippen LogP contribution in [0.4, 0.5) is 0 Å². The third kappa shape index (κ3) is 1.94. The first-order valence-electron chi connectivity index (χ1n) is 3.89. The van der Waals surface area contributed by atoms with Crippen LogP contribution >= 0.6 is 0 Å². The Morgan fingerprint density at radius 1 is 1.73 bits per heavy atom. The number of hydroxylamine groups is 2. The number of rotatable bonds is 2. The summed E-state index contributed by atoms with van der Waals surface area (Å²) in [5, 5.41) is 10.6. The molecule has 1 aliphatic heterocycles. The summed E-state index contributed by atoms with van der Waals surface area (Å²) < 4.78 is 0. The topological polar surface area (TPSA) is 32.7 Å². The second-order valence-electron chi connectivity index (χ2n) is 2.93. The molecule has 1 N–H and O–H groups in total. The Bertz CT molecular complexity index is 147. The van der Waals surface area contributed by atoms with E-state index in [0.717, 1.165) is 6.42 Å². The molecular weight excluding hydrogens is 142 g/mol. The van der Waals surface area contributed by atoms with E-state index in [1.807, 2.05) is 6.20 Å². The average molecular weight is 157 g/mol. The maximum atomic E-state index is 8.95. The molecule has 0 fully saturated rings. The Hall–Kier alpha value is -0.540. The molecule has 0 saturated heterocycles. The van der Waals surface area contributed by atoms with Crippen molar-refractivity contribution in [2.75, 3.05) is 13.7 Å². The van der Waals surface area contributed by atoms with Gasteiger partial charge < -0.3 is 5.11 Å². The lowest BCUT2D eigenvalue weighted by Crippen LogP contribution is -2.36. The zero-order chi connectivity index (χ0) is 8.27. The lowest BCUT2D eigenvalue weighted by molar-refractivity contribution is -0.138. The maximum absolute atomic E-state index is 8.95. The van der Waals surface area contributed by atoms with Gasteiger partial charge in [-0.15, -0.1) is 0 Å². The molecule has 0 aromatic carbocycles. The van der Waals surface area contributed by atoms with Gasteiger partial charge in [0.05, 0.1) is 19.8 Å². The van der Waals surface area contributed by atoms with E-state index in [-0.39, 0.29) is 12.6 Å². The van der Waals surface area contributed by atoms with Gasteiger partial charge in [-0.2, -0.15) is 0 Å². The van der Waals surface area contributed by atoms with E-state index in [2.05, 4.69) is 13.0 Å². The minimum atomic E-state index is 0.125. The predicted molar refractivity (Wildman–Crippen MR) is 42.6 cm³/mol. The van der Waals surface area contributed by atoms with Crippen molar-refractivity contribution < 1.29 is 9.94 Å². The van der Waals surface area contributed by atoms with Gasteiger partial charge in [0.15, 0.2) is 0 Å². The van der Waals surface area contributed by atoms with Gasteiger partial charge in [0.2, 0.25) is 0 Å². The van der Waals surface area contributed by atoms with Crippen LogP contribution in [0.2, 0.25) is 0 Å². The SMILES string of the molecule is CON1C=CC(C)C[C@H]1CO. The van der Waals surface area contributed by atoms with Gasteiger partial charge in [-0.1, -0.05) is 13.0 Å². The van der Waals surface area contributed by atoms with Crippen molar-refractivity contribution in [1.82, 2.24) is 5.06 Å². The Balaban J connectivity index is 2.56. The molecule has 0 aliphatic carbocycles. The van der Waals surface area contributed by atoms with Gasteiger partial charge in [0.25, 0.3) is 0 Å². The van der Waals surface area contributed by atoms with E-state index in [1.165, 1.54) is 0 Å². The fourth-order valence-electron chi connectivity index (χ4n) is 1.33. The van der Waals surface area contributed by atoms with Crippen molar-refractivity contribution in [1.29, 1.82) is 0 Å². The molecule has 1 heterocycles. The van der Waals surface area contributed by atoms with Crippen molar-refractivity contribution in [3.05, 3.63) is 12.3 Å². The molecule has 1 unspecified atom stereocenters. The highest BCUT2D eigenvalue weighted by molar-refractivity contribution is 4.93. The number of aliphatic hydroxyl groups excluding tert-OH is 1. The van der Waals surface area contributed by atoms with Gasteiger partial charge in [-0.3, -0.25) is 9.90 Å². The van der Waals surface area contributed by atoms with Crippen LogP contribution in [0.3, 0.4) is 0 Å². The number of hydrogen-bond donors (Lipinski definition) is 1. The van der Waals surface area contributed by atoms with Crippen molar-refractivity contribution in [2.24, 2.45) is 5.92 Å². The molecule has 64 valence electrons. The summed E-state index contributed by atoms with van der Waals surface area (Å²) in [6.45, 7) is 2.29. The van der Waals surface area contributed by atoms with Crippen molar-refractivity contribution in [3.63, 3.8) is 0 Å². The van der Waals surface area contributed by atoms with Gasteiger partial charge >= 0.3 is 0 Å². The second-order valence-corrected chi connectivity index (χ2v) is 2.93. The lowest BCUT2D eigenvalue weighted by Gasteiger charge is -2.31. The smallest absolute Gasteiger partial charge is 0.0794 e. The zero-order valence-electron chi connectivity index (χ0n) is 7.03. The Kier molecular flexibility index (Phi) is 2.91. The predicted octanol–water partition coefficient (Wildman–Crippen LogP) is 0.764. The number of hydrogen-bond acceptors (Lipinski definition) is 3. The first-order chi connectivity index (χ1) is 5.27. The zero-order valence-corrected chi connectivity index (χ0v) is 7.03. The van der Waals surface area contributed by atoms with Crippen LogP contribution in [0, 0.1) is 5.92 Å². The van der Waals surface area contributed by atoms with E-state index < -0.39 is 0 Å². The largest absolute Gasteiger partial charge is 0.394 e.